The first kappa shape index (κ1) is 17.8. The average Bonchev–Trinajstić information content (AvgIpc) is 2.44. The third kappa shape index (κ3) is 3.87. The van der Waals surface area contributed by atoms with E-state index in [0.717, 1.165) is 22.8 Å². The van der Waals surface area contributed by atoms with Crippen molar-refractivity contribution in [1.29, 1.82) is 0 Å². The number of pyridine rings is 1. The lowest BCUT2D eigenvalue weighted by Crippen LogP contribution is -2.41. The average molecular weight is 359 g/mol. The highest BCUT2D eigenvalue weighted by atomic mass is 35.5. The van der Waals surface area contributed by atoms with Gasteiger partial charge in [-0.05, 0) is 50.3 Å². The Hall–Kier alpha value is -0.520. The molecule has 0 saturated heterocycles. The highest BCUT2D eigenvalue weighted by molar-refractivity contribution is 7.90. The zero-order valence-electron chi connectivity index (χ0n) is 13.1. The van der Waals surface area contributed by atoms with Crippen LogP contribution in [0.2, 0.25) is 10.2 Å². The molecule has 3 nitrogen and oxygen atoms in total. The molecule has 1 N–H and O–H groups in total. The van der Waals surface area contributed by atoms with Crippen LogP contribution in [0.5, 0.6) is 0 Å². The van der Waals surface area contributed by atoms with Gasteiger partial charge in [-0.1, -0.05) is 36.2 Å². The quantitative estimate of drug-likeness (QED) is 0.614. The van der Waals surface area contributed by atoms with E-state index < -0.39 is 11.4 Å². The van der Waals surface area contributed by atoms with E-state index >= 15 is 0 Å². The van der Waals surface area contributed by atoms with Gasteiger partial charge in [-0.25, -0.2) is 4.98 Å². The van der Waals surface area contributed by atoms with Gasteiger partial charge < -0.3 is 4.55 Å². The lowest BCUT2D eigenvalue weighted by molar-refractivity contribution is 0.520. The Morgan fingerprint density at radius 2 is 1.95 bits per heavy atom. The Morgan fingerprint density at radius 3 is 2.55 bits per heavy atom. The van der Waals surface area contributed by atoms with Crippen LogP contribution >= 0.6 is 23.2 Å². The summed E-state index contributed by atoms with van der Waals surface area (Å²) in [4.78, 5) is 4.10. The van der Waals surface area contributed by atoms with Crippen LogP contribution in [0.25, 0.3) is 10.8 Å². The molecule has 2 aromatic rings. The van der Waals surface area contributed by atoms with Gasteiger partial charge in [0, 0.05) is 28.0 Å². The molecule has 1 aromatic heterocycles. The van der Waals surface area contributed by atoms with Gasteiger partial charge in [-0.2, -0.15) is 0 Å². The number of hydrogen-bond donors (Lipinski definition) is 1. The summed E-state index contributed by atoms with van der Waals surface area (Å²) in [5, 5.41) is 2.85. The van der Waals surface area contributed by atoms with Gasteiger partial charge in [0.1, 0.15) is 9.90 Å². The molecule has 0 radical (unpaired) electrons. The van der Waals surface area contributed by atoms with Crippen LogP contribution in [-0.2, 0) is 11.4 Å². The fraction of sp³-hybridized carbons (Fsp3) is 0.438. The van der Waals surface area contributed by atoms with Crippen LogP contribution in [0.15, 0.2) is 24.4 Å². The highest BCUT2D eigenvalue weighted by Gasteiger charge is 2.29. The molecule has 2 rings (SSSR count). The van der Waals surface area contributed by atoms with E-state index in [4.69, 9.17) is 23.2 Å². The first-order chi connectivity index (χ1) is 10.2. The number of benzene rings is 1. The fourth-order valence-electron chi connectivity index (χ4n) is 2.18. The van der Waals surface area contributed by atoms with Gasteiger partial charge in [-0.15, -0.1) is 4.72 Å². The Kier molecular flexibility index (Phi) is 5.62. The van der Waals surface area contributed by atoms with Crippen molar-refractivity contribution >= 4 is 45.3 Å². The van der Waals surface area contributed by atoms with Crippen LogP contribution in [-0.4, -0.2) is 14.3 Å². The second-order valence-corrected chi connectivity index (χ2v) is 8.94. The number of halogens is 2. The van der Waals surface area contributed by atoms with E-state index in [2.05, 4.69) is 16.6 Å². The van der Waals surface area contributed by atoms with Crippen molar-refractivity contribution in [3.63, 3.8) is 0 Å². The van der Waals surface area contributed by atoms with Crippen molar-refractivity contribution in [2.45, 2.75) is 44.9 Å². The molecule has 0 aliphatic carbocycles. The summed E-state index contributed by atoms with van der Waals surface area (Å²) in [5.74, 6) is 0. The van der Waals surface area contributed by atoms with Crippen LogP contribution in [0.4, 0.5) is 0 Å². The number of nitrogens with one attached hydrogen (secondary N) is 1. The molecule has 0 aliphatic heterocycles. The van der Waals surface area contributed by atoms with E-state index in [0.29, 0.717) is 10.2 Å². The first-order valence-electron chi connectivity index (χ1n) is 7.15. The van der Waals surface area contributed by atoms with Crippen molar-refractivity contribution in [1.82, 2.24) is 9.71 Å². The van der Waals surface area contributed by atoms with Crippen LogP contribution in [0.1, 0.15) is 45.7 Å². The smallest absolute Gasteiger partial charge is 0.136 e. The monoisotopic (exact) mass is 358 g/mol. The van der Waals surface area contributed by atoms with Gasteiger partial charge >= 0.3 is 0 Å². The Balaban J connectivity index is 2.47. The van der Waals surface area contributed by atoms with Crippen molar-refractivity contribution in [2.24, 2.45) is 0 Å². The summed E-state index contributed by atoms with van der Waals surface area (Å²) in [6, 6.07) is 5.57. The zero-order valence-corrected chi connectivity index (χ0v) is 15.4. The molecule has 0 saturated carbocycles. The third-order valence-electron chi connectivity index (χ3n) is 3.44. The highest BCUT2D eigenvalue weighted by Crippen LogP contribution is 2.33. The van der Waals surface area contributed by atoms with Crippen molar-refractivity contribution in [3.05, 3.63) is 40.1 Å². The van der Waals surface area contributed by atoms with E-state index in [1.807, 2.05) is 39.0 Å². The van der Waals surface area contributed by atoms with Crippen molar-refractivity contribution in [2.75, 3.05) is 0 Å². The minimum Gasteiger partial charge on any atom is -0.598 e. The zero-order chi connectivity index (χ0) is 16.5. The number of nitrogens with zero attached hydrogens (tertiary/aromatic N) is 1. The van der Waals surface area contributed by atoms with Crippen molar-refractivity contribution in [3.8, 4) is 0 Å². The molecule has 2 atom stereocenters. The molecular weight excluding hydrogens is 339 g/mol. The molecule has 0 spiro atoms. The SMILES string of the molecule is CC[C@@H](N[S@+]([O-])C(C)(C)C)c1ccc(Cl)c2cnc(Cl)cc12. The molecule has 1 aromatic carbocycles. The normalized spacial score (nSPS) is 15.0. The van der Waals surface area contributed by atoms with Crippen LogP contribution < -0.4 is 4.72 Å². The summed E-state index contributed by atoms with van der Waals surface area (Å²) in [6.45, 7) is 7.90. The van der Waals surface area contributed by atoms with Crippen LogP contribution in [0.3, 0.4) is 0 Å². The van der Waals surface area contributed by atoms with E-state index in [1.165, 1.54) is 0 Å². The molecule has 0 amide bonds. The van der Waals surface area contributed by atoms with E-state index in [-0.39, 0.29) is 10.8 Å². The Bertz CT molecular complexity index is 673. The lowest BCUT2D eigenvalue weighted by Gasteiger charge is -2.28. The Morgan fingerprint density at radius 1 is 1.27 bits per heavy atom. The molecule has 1 heterocycles. The summed E-state index contributed by atoms with van der Waals surface area (Å²) in [5.41, 5.74) is 1.03. The van der Waals surface area contributed by atoms with Crippen molar-refractivity contribution < 1.29 is 4.55 Å². The molecule has 0 fully saturated rings. The molecule has 0 unspecified atom stereocenters. The second kappa shape index (κ2) is 6.93. The number of rotatable bonds is 4. The van der Waals surface area contributed by atoms with Gasteiger partial charge in [-0.3, -0.25) is 0 Å². The van der Waals surface area contributed by atoms with Gasteiger partial charge in [0.15, 0.2) is 0 Å². The minimum atomic E-state index is -1.15. The number of aromatic nitrogens is 1. The molecule has 0 aliphatic rings. The molecule has 0 bridgehead atoms. The third-order valence-corrected chi connectivity index (χ3v) is 5.58. The molecule has 6 heteroatoms. The number of fused-ring (bicyclic) bond motifs is 1. The predicted octanol–water partition coefficient (Wildman–Crippen LogP) is 5.04. The lowest BCUT2D eigenvalue weighted by atomic mass is 9.99. The maximum atomic E-state index is 12.4. The van der Waals surface area contributed by atoms with Gasteiger partial charge in [0.05, 0.1) is 6.04 Å². The largest absolute Gasteiger partial charge is 0.598 e. The van der Waals surface area contributed by atoms with E-state index in [1.54, 1.807) is 6.20 Å². The molecule has 22 heavy (non-hydrogen) atoms. The van der Waals surface area contributed by atoms with E-state index in [9.17, 15) is 4.55 Å². The Labute approximate surface area is 144 Å². The van der Waals surface area contributed by atoms with Crippen LogP contribution in [0, 0.1) is 0 Å². The summed E-state index contributed by atoms with van der Waals surface area (Å²) in [7, 11) is 0. The van der Waals surface area contributed by atoms with Gasteiger partial charge in [0.2, 0.25) is 0 Å². The fourth-order valence-corrected chi connectivity index (χ4v) is 3.46. The molecular formula is C16H20Cl2N2OS. The second-order valence-electron chi connectivity index (χ2n) is 6.15. The predicted molar refractivity (Wildman–Crippen MR) is 95.8 cm³/mol. The topological polar surface area (TPSA) is 48.0 Å². The standard InChI is InChI=1S/C16H20Cl2N2OS/c1-5-14(20-22(21)16(2,3)4)10-6-7-13(17)12-9-19-15(18)8-11(10)12/h6-9,14,20H,5H2,1-4H3/t14-,22-/m1/s1. The first-order valence-corrected chi connectivity index (χ1v) is 9.06. The number of hydrogen-bond acceptors (Lipinski definition) is 3. The maximum absolute atomic E-state index is 12.4. The maximum Gasteiger partial charge on any atom is 0.136 e. The summed E-state index contributed by atoms with van der Waals surface area (Å²) in [6.07, 6.45) is 2.48. The molecule has 120 valence electrons. The van der Waals surface area contributed by atoms with Gasteiger partial charge in [0.25, 0.3) is 0 Å². The summed E-state index contributed by atoms with van der Waals surface area (Å²) >= 11 is 11.1. The minimum absolute atomic E-state index is 0.0432. The summed E-state index contributed by atoms with van der Waals surface area (Å²) < 4.78 is 15.3.